The van der Waals surface area contributed by atoms with E-state index in [1.807, 2.05) is 13.0 Å². The second-order valence-electron chi connectivity index (χ2n) is 5.08. The van der Waals surface area contributed by atoms with E-state index in [1.54, 1.807) is 25.3 Å². The molecule has 112 valence electrons. The minimum Gasteiger partial charge on any atom is -0.506 e. The van der Waals surface area contributed by atoms with Gasteiger partial charge < -0.3 is 16.2 Å². The maximum Gasteiger partial charge on any atom is 0.250 e. The number of primary amides is 1. The number of rotatable bonds is 3. The van der Waals surface area contributed by atoms with Crippen LogP contribution >= 0.6 is 0 Å². The molecule has 3 rings (SSSR count). The number of phenols is 1. The molecule has 22 heavy (non-hydrogen) atoms. The van der Waals surface area contributed by atoms with Crippen LogP contribution in [0.5, 0.6) is 5.75 Å². The Balaban J connectivity index is 2.13. The zero-order chi connectivity index (χ0) is 15.9. The number of carbonyl (C=O) groups excluding carboxylic acids is 1. The number of nitrogens with zero attached hydrogens (tertiary/aromatic N) is 3. The zero-order valence-electron chi connectivity index (χ0n) is 12.2. The largest absolute Gasteiger partial charge is 0.506 e. The second-order valence-corrected chi connectivity index (χ2v) is 5.08. The molecule has 0 bridgehead atoms. The summed E-state index contributed by atoms with van der Waals surface area (Å²) in [6.07, 6.45) is 2.93. The van der Waals surface area contributed by atoms with Crippen LogP contribution in [0.3, 0.4) is 0 Å². The molecule has 3 aromatic rings. The van der Waals surface area contributed by atoms with Gasteiger partial charge in [-0.3, -0.25) is 4.79 Å². The van der Waals surface area contributed by atoms with Crippen molar-refractivity contribution in [1.29, 1.82) is 0 Å². The number of hydrogen-bond donors (Lipinski definition) is 3. The smallest absolute Gasteiger partial charge is 0.250 e. The fourth-order valence-corrected chi connectivity index (χ4v) is 2.38. The Kier molecular flexibility index (Phi) is 3.17. The highest BCUT2D eigenvalue weighted by Gasteiger charge is 2.16. The number of hydrogen-bond acceptors (Lipinski definition) is 5. The predicted octanol–water partition coefficient (Wildman–Crippen LogP) is 1.89. The lowest BCUT2D eigenvalue weighted by Gasteiger charge is -2.10. The maximum atomic E-state index is 11.5. The number of amides is 1. The molecule has 0 aliphatic heterocycles. The molecule has 2 aromatic heterocycles. The number of carbonyl (C=O) groups is 1. The molecule has 2 heterocycles. The number of fused-ring (bicyclic) bond motifs is 1. The van der Waals surface area contributed by atoms with Crippen molar-refractivity contribution in [3.63, 3.8) is 0 Å². The van der Waals surface area contributed by atoms with Crippen LogP contribution in [0.25, 0.3) is 5.52 Å². The summed E-state index contributed by atoms with van der Waals surface area (Å²) in [6.45, 7) is 3.67. The van der Waals surface area contributed by atoms with E-state index in [1.165, 1.54) is 10.8 Å². The van der Waals surface area contributed by atoms with Crippen LogP contribution in [0, 0.1) is 13.8 Å². The highest BCUT2D eigenvalue weighted by molar-refractivity contribution is 5.98. The fraction of sp³-hybridized carbons (Fsp3) is 0.133. The Morgan fingerprint density at radius 3 is 2.82 bits per heavy atom. The van der Waals surface area contributed by atoms with E-state index in [-0.39, 0.29) is 5.75 Å². The molecular weight excluding hydrogens is 282 g/mol. The summed E-state index contributed by atoms with van der Waals surface area (Å²) in [4.78, 5) is 15.6. The molecule has 0 aliphatic carbocycles. The van der Waals surface area contributed by atoms with Crippen molar-refractivity contribution in [2.24, 2.45) is 5.73 Å². The number of phenolic OH excluding ortho intramolecular Hbond substituents is 1. The van der Waals surface area contributed by atoms with E-state index < -0.39 is 5.91 Å². The molecule has 1 amide bonds. The molecule has 0 radical (unpaired) electrons. The lowest BCUT2D eigenvalue weighted by Crippen LogP contribution is -2.10. The van der Waals surface area contributed by atoms with Gasteiger partial charge in [0.15, 0.2) is 5.82 Å². The summed E-state index contributed by atoms with van der Waals surface area (Å²) < 4.78 is 1.54. The number of nitrogens with one attached hydrogen (secondary N) is 1. The quantitative estimate of drug-likeness (QED) is 0.640. The molecule has 1 aromatic carbocycles. The van der Waals surface area contributed by atoms with Crippen LogP contribution in [-0.2, 0) is 0 Å². The van der Waals surface area contributed by atoms with Crippen LogP contribution in [0.2, 0.25) is 0 Å². The number of aromatic hydroxyl groups is 1. The molecule has 0 fully saturated rings. The first-order chi connectivity index (χ1) is 10.5. The lowest BCUT2D eigenvalue weighted by atomic mass is 10.2. The average molecular weight is 297 g/mol. The van der Waals surface area contributed by atoms with E-state index in [0.717, 1.165) is 5.56 Å². The van der Waals surface area contributed by atoms with Gasteiger partial charge in [0.05, 0.1) is 11.3 Å². The lowest BCUT2D eigenvalue weighted by molar-refractivity contribution is 0.1000. The molecule has 0 saturated heterocycles. The van der Waals surface area contributed by atoms with Gasteiger partial charge in [-0.15, -0.1) is 0 Å². The first-order valence-corrected chi connectivity index (χ1v) is 6.66. The van der Waals surface area contributed by atoms with Gasteiger partial charge in [0.1, 0.15) is 17.6 Å². The van der Waals surface area contributed by atoms with Crippen molar-refractivity contribution in [2.75, 3.05) is 5.32 Å². The van der Waals surface area contributed by atoms with Gasteiger partial charge >= 0.3 is 0 Å². The van der Waals surface area contributed by atoms with Crippen LogP contribution < -0.4 is 11.1 Å². The Morgan fingerprint density at radius 2 is 2.14 bits per heavy atom. The second kappa shape index (κ2) is 5.03. The number of anilines is 2. The Bertz CT molecular complexity index is 885. The third kappa shape index (κ3) is 2.22. The van der Waals surface area contributed by atoms with Crippen molar-refractivity contribution >= 4 is 22.9 Å². The van der Waals surface area contributed by atoms with E-state index in [2.05, 4.69) is 15.4 Å². The average Bonchev–Trinajstić information content (AvgIpc) is 2.80. The normalized spacial score (nSPS) is 10.8. The maximum absolute atomic E-state index is 11.5. The molecule has 0 saturated carbocycles. The minimum absolute atomic E-state index is 0.121. The first kappa shape index (κ1) is 13.9. The van der Waals surface area contributed by atoms with Crippen LogP contribution in [0.15, 0.2) is 30.7 Å². The van der Waals surface area contributed by atoms with Crippen molar-refractivity contribution < 1.29 is 9.90 Å². The fourth-order valence-electron chi connectivity index (χ4n) is 2.38. The van der Waals surface area contributed by atoms with E-state index in [0.29, 0.717) is 28.1 Å². The third-order valence-corrected chi connectivity index (χ3v) is 3.50. The molecular formula is C15H15N5O2. The molecule has 7 nitrogen and oxygen atoms in total. The molecule has 0 atom stereocenters. The summed E-state index contributed by atoms with van der Waals surface area (Å²) in [6, 6.07) is 5.29. The third-order valence-electron chi connectivity index (χ3n) is 3.50. The Hall–Kier alpha value is -3.09. The number of nitrogens with two attached hydrogens (primary N) is 1. The summed E-state index contributed by atoms with van der Waals surface area (Å²) in [5.74, 6) is 0.0855. The van der Waals surface area contributed by atoms with E-state index >= 15 is 0 Å². The Morgan fingerprint density at radius 1 is 1.36 bits per heavy atom. The van der Waals surface area contributed by atoms with Gasteiger partial charge in [-0.1, -0.05) is 6.07 Å². The molecule has 4 N–H and O–H groups in total. The minimum atomic E-state index is -0.521. The summed E-state index contributed by atoms with van der Waals surface area (Å²) in [5, 5.41) is 17.1. The number of aromatic nitrogens is 3. The molecule has 0 aliphatic rings. The van der Waals surface area contributed by atoms with Crippen molar-refractivity contribution in [3.05, 3.63) is 47.4 Å². The van der Waals surface area contributed by atoms with Gasteiger partial charge in [-0.25, -0.2) is 9.50 Å². The highest BCUT2D eigenvalue weighted by atomic mass is 16.3. The summed E-state index contributed by atoms with van der Waals surface area (Å²) in [5.41, 5.74) is 8.54. The van der Waals surface area contributed by atoms with Crippen LogP contribution in [-0.4, -0.2) is 25.6 Å². The van der Waals surface area contributed by atoms with Gasteiger partial charge in [0.25, 0.3) is 5.91 Å². The number of benzene rings is 1. The standard InChI is InChI=1S/C15H15N5O2/c1-8-3-4-11(12(21)5-8)19-15-13-9(2)10(14(16)22)6-20(13)18-7-17-15/h3-7,21H,1-2H3,(H2,16,22)(H,17,18,19). The molecule has 0 spiro atoms. The predicted molar refractivity (Wildman–Crippen MR) is 82.4 cm³/mol. The topological polar surface area (TPSA) is 106 Å². The van der Waals surface area contributed by atoms with Crippen molar-refractivity contribution in [1.82, 2.24) is 14.6 Å². The molecule has 7 heteroatoms. The summed E-state index contributed by atoms with van der Waals surface area (Å²) in [7, 11) is 0. The highest BCUT2D eigenvalue weighted by Crippen LogP contribution is 2.30. The zero-order valence-corrected chi connectivity index (χ0v) is 12.2. The van der Waals surface area contributed by atoms with Gasteiger partial charge in [-0.05, 0) is 37.1 Å². The van der Waals surface area contributed by atoms with E-state index in [9.17, 15) is 9.90 Å². The SMILES string of the molecule is Cc1ccc(Nc2ncnn3cc(C(N)=O)c(C)c23)c(O)c1. The van der Waals surface area contributed by atoms with Crippen molar-refractivity contribution in [3.8, 4) is 5.75 Å². The van der Waals surface area contributed by atoms with Gasteiger partial charge in [0, 0.05) is 6.20 Å². The monoisotopic (exact) mass is 297 g/mol. The van der Waals surface area contributed by atoms with Gasteiger partial charge in [-0.2, -0.15) is 5.10 Å². The van der Waals surface area contributed by atoms with E-state index in [4.69, 9.17) is 5.73 Å². The first-order valence-electron chi connectivity index (χ1n) is 6.66. The van der Waals surface area contributed by atoms with Crippen LogP contribution in [0.4, 0.5) is 11.5 Å². The Labute approximate surface area is 126 Å². The number of aryl methyl sites for hydroxylation is 2. The van der Waals surface area contributed by atoms with Crippen molar-refractivity contribution in [2.45, 2.75) is 13.8 Å². The van der Waals surface area contributed by atoms with Crippen LogP contribution in [0.1, 0.15) is 21.5 Å². The van der Waals surface area contributed by atoms with Gasteiger partial charge in [0.2, 0.25) is 0 Å². The summed E-state index contributed by atoms with van der Waals surface area (Å²) >= 11 is 0. The molecule has 0 unspecified atom stereocenters.